The first-order valence-corrected chi connectivity index (χ1v) is 6.75. The van der Waals surface area contributed by atoms with Gasteiger partial charge in [0, 0.05) is 6.07 Å². The van der Waals surface area contributed by atoms with Crippen LogP contribution < -0.4 is 15.2 Å². The zero-order valence-electron chi connectivity index (χ0n) is 12.2. The predicted octanol–water partition coefficient (Wildman–Crippen LogP) is 3.98. The maximum absolute atomic E-state index is 5.89. The van der Waals surface area contributed by atoms with Gasteiger partial charge in [-0.25, -0.2) is 0 Å². The number of ether oxygens (including phenoxy) is 2. The maximum atomic E-state index is 5.89. The number of benzene rings is 2. The summed E-state index contributed by atoms with van der Waals surface area (Å²) in [7, 11) is 1.62. The van der Waals surface area contributed by atoms with Crippen LogP contribution in [0.5, 0.6) is 11.5 Å². The van der Waals surface area contributed by atoms with E-state index in [9.17, 15) is 0 Å². The second-order valence-corrected chi connectivity index (χ2v) is 5.09. The Morgan fingerprint density at radius 2 is 1.75 bits per heavy atom. The quantitative estimate of drug-likeness (QED) is 0.836. The zero-order valence-corrected chi connectivity index (χ0v) is 12.2. The lowest BCUT2D eigenvalue weighted by Crippen LogP contribution is -1.99. The minimum Gasteiger partial charge on any atom is -0.497 e. The molecule has 0 saturated carbocycles. The van der Waals surface area contributed by atoms with Gasteiger partial charge in [0.25, 0.3) is 0 Å². The average molecular weight is 271 g/mol. The molecule has 0 amide bonds. The zero-order chi connectivity index (χ0) is 14.5. The number of rotatable bonds is 5. The Balaban J connectivity index is 2.04. The van der Waals surface area contributed by atoms with Crippen molar-refractivity contribution in [3.8, 4) is 11.5 Å². The predicted molar refractivity (Wildman–Crippen MR) is 82.3 cm³/mol. The van der Waals surface area contributed by atoms with Gasteiger partial charge in [0.2, 0.25) is 0 Å². The third-order valence-corrected chi connectivity index (χ3v) is 3.26. The molecule has 0 radical (unpaired) electrons. The van der Waals surface area contributed by atoms with Crippen molar-refractivity contribution in [2.45, 2.75) is 26.4 Å². The highest BCUT2D eigenvalue weighted by molar-refractivity contribution is 5.55. The molecule has 0 saturated heterocycles. The molecule has 2 aromatic carbocycles. The maximum Gasteiger partial charge on any atom is 0.146 e. The summed E-state index contributed by atoms with van der Waals surface area (Å²) in [5.74, 6) is 1.93. The lowest BCUT2D eigenvalue weighted by molar-refractivity contribution is 0.305. The Morgan fingerprint density at radius 1 is 1.05 bits per heavy atom. The van der Waals surface area contributed by atoms with Crippen LogP contribution in [0.15, 0.2) is 42.5 Å². The lowest BCUT2D eigenvalue weighted by atomic mass is 10.0. The van der Waals surface area contributed by atoms with E-state index in [2.05, 4.69) is 38.1 Å². The molecule has 0 bridgehead atoms. The monoisotopic (exact) mass is 271 g/mol. The second-order valence-electron chi connectivity index (χ2n) is 5.09. The molecule has 20 heavy (non-hydrogen) atoms. The molecule has 0 fully saturated rings. The van der Waals surface area contributed by atoms with Crippen LogP contribution in [-0.4, -0.2) is 7.11 Å². The van der Waals surface area contributed by atoms with Gasteiger partial charge >= 0.3 is 0 Å². The molecule has 3 heteroatoms. The van der Waals surface area contributed by atoms with E-state index in [1.165, 1.54) is 5.56 Å². The van der Waals surface area contributed by atoms with Gasteiger partial charge in [-0.05, 0) is 29.2 Å². The summed E-state index contributed by atoms with van der Waals surface area (Å²) < 4.78 is 10.9. The highest BCUT2D eigenvalue weighted by Gasteiger charge is 2.04. The van der Waals surface area contributed by atoms with Crippen molar-refractivity contribution in [1.82, 2.24) is 0 Å². The van der Waals surface area contributed by atoms with Crippen molar-refractivity contribution in [1.29, 1.82) is 0 Å². The van der Waals surface area contributed by atoms with Crippen LogP contribution in [0, 0.1) is 0 Å². The van der Waals surface area contributed by atoms with Crippen molar-refractivity contribution in [3.05, 3.63) is 53.6 Å². The van der Waals surface area contributed by atoms with Crippen LogP contribution in [0.4, 0.5) is 5.69 Å². The number of hydrogen-bond donors (Lipinski definition) is 1. The SMILES string of the molecule is COc1ccc(N)c(OCc2ccc(C(C)C)cc2)c1. The standard InChI is InChI=1S/C17H21NO2/c1-12(2)14-6-4-13(5-7-14)11-20-17-10-15(19-3)8-9-16(17)18/h4-10,12H,11,18H2,1-3H3. The second kappa shape index (κ2) is 6.33. The first-order valence-electron chi connectivity index (χ1n) is 6.75. The van der Waals surface area contributed by atoms with E-state index in [4.69, 9.17) is 15.2 Å². The smallest absolute Gasteiger partial charge is 0.146 e. The lowest BCUT2D eigenvalue weighted by Gasteiger charge is -2.11. The highest BCUT2D eigenvalue weighted by atomic mass is 16.5. The molecule has 3 nitrogen and oxygen atoms in total. The summed E-state index contributed by atoms with van der Waals surface area (Å²) >= 11 is 0. The largest absolute Gasteiger partial charge is 0.497 e. The highest BCUT2D eigenvalue weighted by Crippen LogP contribution is 2.27. The topological polar surface area (TPSA) is 44.5 Å². The van der Waals surface area contributed by atoms with E-state index in [1.807, 2.05) is 6.07 Å². The summed E-state index contributed by atoms with van der Waals surface area (Å²) in [5, 5.41) is 0. The molecule has 0 aliphatic heterocycles. The van der Waals surface area contributed by atoms with Gasteiger partial charge in [-0.15, -0.1) is 0 Å². The number of nitrogens with two attached hydrogens (primary N) is 1. The normalized spacial score (nSPS) is 10.6. The van der Waals surface area contributed by atoms with E-state index in [1.54, 1.807) is 19.2 Å². The molecule has 0 atom stereocenters. The summed E-state index contributed by atoms with van der Waals surface area (Å²) in [6.07, 6.45) is 0. The fourth-order valence-electron chi connectivity index (χ4n) is 1.93. The Bertz CT molecular complexity index is 562. The molecule has 0 aliphatic carbocycles. The van der Waals surface area contributed by atoms with E-state index < -0.39 is 0 Å². The van der Waals surface area contributed by atoms with Crippen LogP contribution in [0.25, 0.3) is 0 Å². The molecule has 2 rings (SSSR count). The van der Waals surface area contributed by atoms with E-state index in [-0.39, 0.29) is 0 Å². The first-order chi connectivity index (χ1) is 9.60. The summed E-state index contributed by atoms with van der Waals surface area (Å²) in [4.78, 5) is 0. The van der Waals surface area contributed by atoms with Crippen molar-refractivity contribution in [2.75, 3.05) is 12.8 Å². The van der Waals surface area contributed by atoms with Crippen LogP contribution in [0.2, 0.25) is 0 Å². The Kier molecular flexibility index (Phi) is 4.51. The minimum absolute atomic E-state index is 0.496. The molecular weight excluding hydrogens is 250 g/mol. The van der Waals surface area contributed by atoms with Crippen molar-refractivity contribution >= 4 is 5.69 Å². The molecule has 0 unspecified atom stereocenters. The summed E-state index contributed by atoms with van der Waals surface area (Å²) in [5.41, 5.74) is 8.96. The average Bonchev–Trinajstić information content (AvgIpc) is 2.47. The molecule has 0 spiro atoms. The van der Waals surface area contributed by atoms with Gasteiger partial charge in [0.15, 0.2) is 0 Å². The molecular formula is C17H21NO2. The molecule has 2 N–H and O–H groups in total. The Hall–Kier alpha value is -2.16. The fraction of sp³-hybridized carbons (Fsp3) is 0.294. The third kappa shape index (κ3) is 3.44. The molecule has 106 valence electrons. The van der Waals surface area contributed by atoms with Crippen molar-refractivity contribution in [3.63, 3.8) is 0 Å². The van der Waals surface area contributed by atoms with E-state index in [0.717, 1.165) is 11.3 Å². The Morgan fingerprint density at radius 3 is 2.35 bits per heavy atom. The van der Waals surface area contributed by atoms with Crippen LogP contribution in [0.1, 0.15) is 30.9 Å². The molecule has 0 aliphatic rings. The van der Waals surface area contributed by atoms with Gasteiger partial charge in [0.1, 0.15) is 18.1 Å². The van der Waals surface area contributed by atoms with Gasteiger partial charge < -0.3 is 15.2 Å². The van der Waals surface area contributed by atoms with Crippen LogP contribution in [0.3, 0.4) is 0 Å². The molecule has 0 heterocycles. The Labute approximate surface area is 120 Å². The van der Waals surface area contributed by atoms with Gasteiger partial charge in [0.05, 0.1) is 12.8 Å². The number of methoxy groups -OCH3 is 1. The minimum atomic E-state index is 0.496. The van der Waals surface area contributed by atoms with Crippen molar-refractivity contribution < 1.29 is 9.47 Å². The van der Waals surface area contributed by atoms with E-state index in [0.29, 0.717) is 24.0 Å². The van der Waals surface area contributed by atoms with E-state index >= 15 is 0 Å². The van der Waals surface area contributed by atoms with Gasteiger partial charge in [-0.1, -0.05) is 38.1 Å². The third-order valence-electron chi connectivity index (χ3n) is 3.26. The fourth-order valence-corrected chi connectivity index (χ4v) is 1.93. The summed E-state index contributed by atoms with van der Waals surface area (Å²) in [6.45, 7) is 4.86. The first kappa shape index (κ1) is 14.3. The number of anilines is 1. The van der Waals surface area contributed by atoms with Gasteiger partial charge in [-0.3, -0.25) is 0 Å². The molecule has 2 aromatic rings. The van der Waals surface area contributed by atoms with Crippen LogP contribution >= 0.6 is 0 Å². The van der Waals surface area contributed by atoms with Gasteiger partial charge in [-0.2, -0.15) is 0 Å². The number of hydrogen-bond acceptors (Lipinski definition) is 3. The summed E-state index contributed by atoms with van der Waals surface area (Å²) in [6, 6.07) is 13.9. The molecule has 0 aromatic heterocycles. The van der Waals surface area contributed by atoms with Crippen LogP contribution in [-0.2, 0) is 6.61 Å². The number of nitrogen functional groups attached to an aromatic ring is 1. The van der Waals surface area contributed by atoms with Crippen molar-refractivity contribution in [2.24, 2.45) is 0 Å².